The highest BCUT2D eigenvalue weighted by Crippen LogP contribution is 2.18. The van der Waals surface area contributed by atoms with E-state index in [9.17, 15) is 4.79 Å². The molecule has 0 radical (unpaired) electrons. The van der Waals surface area contributed by atoms with Gasteiger partial charge in [-0.3, -0.25) is 5.32 Å². The number of urea groups is 1. The number of anilines is 1. The molecule has 2 amide bonds. The van der Waals surface area contributed by atoms with Crippen molar-refractivity contribution in [3.8, 4) is 5.75 Å². The fraction of sp³-hybridized carbons (Fsp3) is 0.375. The Labute approximate surface area is 129 Å². The zero-order chi connectivity index (χ0) is 15.9. The van der Waals surface area contributed by atoms with Gasteiger partial charge >= 0.3 is 6.03 Å². The van der Waals surface area contributed by atoms with Gasteiger partial charge in [0, 0.05) is 6.07 Å². The number of carbonyl (C=O) groups excluding carboxylic acids is 1. The second-order valence-electron chi connectivity index (χ2n) is 5.28. The number of carbonyl (C=O) groups is 1. The molecule has 0 saturated heterocycles. The number of nitrogens with one attached hydrogen (secondary N) is 2. The molecular formula is C16H21N3O3. The summed E-state index contributed by atoms with van der Waals surface area (Å²) >= 11 is 0. The van der Waals surface area contributed by atoms with Crippen LogP contribution in [0.3, 0.4) is 0 Å². The van der Waals surface area contributed by atoms with E-state index in [4.69, 9.17) is 9.26 Å². The molecule has 0 aliphatic rings. The number of rotatable bonds is 6. The van der Waals surface area contributed by atoms with Crippen LogP contribution in [0.25, 0.3) is 0 Å². The van der Waals surface area contributed by atoms with Gasteiger partial charge in [-0.15, -0.1) is 0 Å². The Bertz CT molecular complexity index is 605. The molecule has 0 atom stereocenters. The lowest BCUT2D eigenvalue weighted by Crippen LogP contribution is -2.32. The highest BCUT2D eigenvalue weighted by molar-refractivity contribution is 5.88. The number of nitrogens with zero attached hydrogens (tertiary/aromatic N) is 1. The van der Waals surface area contributed by atoms with Gasteiger partial charge in [-0.05, 0) is 30.5 Å². The summed E-state index contributed by atoms with van der Waals surface area (Å²) in [5, 5.41) is 8.93. The molecule has 22 heavy (non-hydrogen) atoms. The van der Waals surface area contributed by atoms with Crippen LogP contribution in [0.15, 0.2) is 34.9 Å². The molecule has 2 rings (SSSR count). The van der Waals surface area contributed by atoms with Gasteiger partial charge in [0.15, 0.2) is 5.82 Å². The second kappa shape index (κ2) is 7.49. The molecule has 0 aliphatic carbocycles. The molecule has 0 fully saturated rings. The van der Waals surface area contributed by atoms with Gasteiger partial charge in [0.05, 0.1) is 6.54 Å². The maximum absolute atomic E-state index is 11.6. The quantitative estimate of drug-likeness (QED) is 0.803. The Morgan fingerprint density at radius 1 is 1.32 bits per heavy atom. The van der Waals surface area contributed by atoms with Crippen molar-refractivity contribution in [2.45, 2.75) is 26.7 Å². The normalized spacial score (nSPS) is 10.5. The van der Waals surface area contributed by atoms with Crippen LogP contribution < -0.4 is 15.4 Å². The predicted molar refractivity (Wildman–Crippen MR) is 84.3 cm³/mol. The van der Waals surface area contributed by atoms with E-state index in [0.717, 1.165) is 5.75 Å². The third kappa shape index (κ3) is 4.80. The maximum Gasteiger partial charge on any atom is 0.320 e. The number of hydrogen-bond acceptors (Lipinski definition) is 4. The number of amides is 2. The molecule has 0 aliphatic heterocycles. The van der Waals surface area contributed by atoms with Crippen LogP contribution in [0.2, 0.25) is 0 Å². The van der Waals surface area contributed by atoms with Crippen molar-refractivity contribution >= 4 is 11.8 Å². The first-order valence-corrected chi connectivity index (χ1v) is 7.25. The second-order valence-corrected chi connectivity index (χ2v) is 5.28. The first kappa shape index (κ1) is 15.9. The van der Waals surface area contributed by atoms with Gasteiger partial charge in [-0.2, -0.15) is 0 Å². The van der Waals surface area contributed by atoms with Crippen molar-refractivity contribution in [2.75, 3.05) is 18.5 Å². The largest absolute Gasteiger partial charge is 0.492 e. The molecule has 2 aromatic rings. The molecule has 0 bridgehead atoms. The highest BCUT2D eigenvalue weighted by atomic mass is 16.5. The van der Waals surface area contributed by atoms with E-state index >= 15 is 0 Å². The minimum Gasteiger partial charge on any atom is -0.492 e. The lowest BCUT2D eigenvalue weighted by molar-refractivity contribution is 0.247. The van der Waals surface area contributed by atoms with E-state index in [1.165, 1.54) is 5.56 Å². The summed E-state index contributed by atoms with van der Waals surface area (Å²) in [4.78, 5) is 11.6. The van der Waals surface area contributed by atoms with E-state index < -0.39 is 0 Å². The van der Waals surface area contributed by atoms with E-state index in [-0.39, 0.29) is 6.03 Å². The highest BCUT2D eigenvalue weighted by Gasteiger charge is 2.05. The lowest BCUT2D eigenvalue weighted by Gasteiger charge is -2.09. The van der Waals surface area contributed by atoms with Crippen LogP contribution in [0.4, 0.5) is 10.6 Å². The zero-order valence-corrected chi connectivity index (χ0v) is 13.1. The van der Waals surface area contributed by atoms with Crippen molar-refractivity contribution in [1.82, 2.24) is 10.5 Å². The van der Waals surface area contributed by atoms with Gasteiger partial charge < -0.3 is 14.6 Å². The minimum atomic E-state index is -0.341. The molecule has 1 aromatic carbocycles. The summed E-state index contributed by atoms with van der Waals surface area (Å²) in [6.07, 6.45) is 0. The van der Waals surface area contributed by atoms with Gasteiger partial charge in [-0.25, -0.2) is 4.79 Å². The first-order valence-electron chi connectivity index (χ1n) is 7.25. The van der Waals surface area contributed by atoms with Crippen LogP contribution in [-0.4, -0.2) is 24.3 Å². The summed E-state index contributed by atoms with van der Waals surface area (Å²) in [6.45, 7) is 6.85. The molecule has 0 saturated carbocycles. The van der Waals surface area contributed by atoms with E-state index in [1.807, 2.05) is 24.3 Å². The monoisotopic (exact) mass is 303 g/mol. The number of ether oxygens (including phenoxy) is 1. The number of benzene rings is 1. The van der Waals surface area contributed by atoms with E-state index in [1.54, 1.807) is 13.0 Å². The molecule has 6 heteroatoms. The van der Waals surface area contributed by atoms with Crippen molar-refractivity contribution in [2.24, 2.45) is 0 Å². The maximum atomic E-state index is 11.6. The van der Waals surface area contributed by atoms with Crippen LogP contribution in [0.1, 0.15) is 31.1 Å². The summed E-state index contributed by atoms with van der Waals surface area (Å²) < 4.78 is 10.4. The van der Waals surface area contributed by atoms with Crippen molar-refractivity contribution in [3.05, 3.63) is 41.7 Å². The number of aryl methyl sites for hydroxylation is 1. The average Bonchev–Trinajstić information content (AvgIpc) is 2.89. The summed E-state index contributed by atoms with van der Waals surface area (Å²) in [5.74, 6) is 2.32. The Hall–Kier alpha value is -2.50. The third-order valence-electron chi connectivity index (χ3n) is 3.07. The molecule has 0 spiro atoms. The average molecular weight is 303 g/mol. The molecule has 6 nitrogen and oxygen atoms in total. The molecule has 1 heterocycles. The van der Waals surface area contributed by atoms with E-state index in [0.29, 0.717) is 30.6 Å². The van der Waals surface area contributed by atoms with Gasteiger partial charge in [0.1, 0.15) is 18.1 Å². The van der Waals surface area contributed by atoms with Crippen molar-refractivity contribution < 1.29 is 14.1 Å². The first-order chi connectivity index (χ1) is 10.5. The lowest BCUT2D eigenvalue weighted by atomic mass is 10.0. The predicted octanol–water partition coefficient (Wildman–Crippen LogP) is 3.31. The summed E-state index contributed by atoms with van der Waals surface area (Å²) in [6, 6.07) is 9.28. The fourth-order valence-electron chi connectivity index (χ4n) is 1.87. The Morgan fingerprint density at radius 2 is 2.05 bits per heavy atom. The Morgan fingerprint density at radius 3 is 2.64 bits per heavy atom. The van der Waals surface area contributed by atoms with Crippen LogP contribution in [0, 0.1) is 6.92 Å². The number of hydrogen-bond donors (Lipinski definition) is 2. The molecule has 1 aromatic heterocycles. The van der Waals surface area contributed by atoms with Crippen LogP contribution >= 0.6 is 0 Å². The van der Waals surface area contributed by atoms with Crippen LogP contribution in [-0.2, 0) is 0 Å². The van der Waals surface area contributed by atoms with Crippen molar-refractivity contribution in [3.63, 3.8) is 0 Å². The molecule has 118 valence electrons. The van der Waals surface area contributed by atoms with Gasteiger partial charge in [-0.1, -0.05) is 31.1 Å². The Balaban J connectivity index is 1.67. The topological polar surface area (TPSA) is 76.4 Å². The smallest absolute Gasteiger partial charge is 0.320 e. The standard InChI is InChI=1S/C16H21N3O3/c1-11(2)13-4-6-14(7-5-13)21-9-8-17-16(20)18-15-10-12(3)22-19-15/h4-7,10-11H,8-9H2,1-3H3,(H2,17,18,19,20). The van der Waals surface area contributed by atoms with Gasteiger partial charge in [0.2, 0.25) is 0 Å². The molecular weight excluding hydrogens is 282 g/mol. The van der Waals surface area contributed by atoms with Crippen molar-refractivity contribution in [1.29, 1.82) is 0 Å². The summed E-state index contributed by atoms with van der Waals surface area (Å²) in [5.41, 5.74) is 1.27. The SMILES string of the molecule is Cc1cc(NC(=O)NCCOc2ccc(C(C)C)cc2)no1. The molecule has 0 unspecified atom stereocenters. The van der Waals surface area contributed by atoms with Crippen LogP contribution in [0.5, 0.6) is 5.75 Å². The van der Waals surface area contributed by atoms with Gasteiger partial charge in [0.25, 0.3) is 0 Å². The fourth-order valence-corrected chi connectivity index (χ4v) is 1.87. The third-order valence-corrected chi connectivity index (χ3v) is 3.07. The zero-order valence-electron chi connectivity index (χ0n) is 13.1. The minimum absolute atomic E-state index is 0.341. The summed E-state index contributed by atoms with van der Waals surface area (Å²) in [7, 11) is 0. The number of aromatic nitrogens is 1. The van der Waals surface area contributed by atoms with E-state index in [2.05, 4.69) is 29.6 Å². The molecule has 2 N–H and O–H groups in total. The Kier molecular flexibility index (Phi) is 5.41.